The van der Waals surface area contributed by atoms with E-state index in [1.165, 1.54) is 5.52 Å². The highest BCUT2D eigenvalue weighted by molar-refractivity contribution is 14.0. The highest BCUT2D eigenvalue weighted by Gasteiger charge is 2.06. The number of amides is 1. The first kappa shape index (κ1) is 25.4. The number of imidazole rings is 1. The molecule has 3 aromatic rings. The molecule has 1 amide bonds. The second-order valence-corrected chi connectivity index (χ2v) is 7.18. The van der Waals surface area contributed by atoms with Crippen LogP contribution in [0.3, 0.4) is 0 Å². The predicted octanol–water partition coefficient (Wildman–Crippen LogP) is 2.97. The lowest BCUT2D eigenvalue weighted by Crippen LogP contribution is -2.38. The number of carbonyl (C=O) groups excluding carboxylic acids is 1. The first-order chi connectivity index (χ1) is 15.1. The highest BCUT2D eigenvalue weighted by Crippen LogP contribution is 2.16. The molecule has 9 heteroatoms. The van der Waals surface area contributed by atoms with Crippen molar-refractivity contribution in [3.05, 3.63) is 59.9 Å². The fraction of sp³-hybridized carbons (Fsp3) is 0.348. The van der Waals surface area contributed by atoms with Crippen LogP contribution in [0.25, 0.3) is 11.0 Å². The van der Waals surface area contributed by atoms with Gasteiger partial charge in [-0.2, -0.15) is 0 Å². The molecule has 172 valence electrons. The minimum absolute atomic E-state index is 0. The van der Waals surface area contributed by atoms with Crippen LogP contribution in [0.5, 0.6) is 5.75 Å². The maximum absolute atomic E-state index is 10.9. The number of benzene rings is 2. The summed E-state index contributed by atoms with van der Waals surface area (Å²) in [6, 6.07) is 15.7. The summed E-state index contributed by atoms with van der Waals surface area (Å²) in [6.07, 6.45) is 0.946. The Kier molecular flexibility index (Phi) is 10.3. The summed E-state index contributed by atoms with van der Waals surface area (Å²) in [5.41, 5.74) is 8.31. The van der Waals surface area contributed by atoms with Crippen LogP contribution in [0.15, 0.2) is 53.5 Å². The summed E-state index contributed by atoms with van der Waals surface area (Å²) >= 11 is 0. The van der Waals surface area contributed by atoms with Crippen LogP contribution >= 0.6 is 24.0 Å². The molecule has 8 nitrogen and oxygen atoms in total. The van der Waals surface area contributed by atoms with Gasteiger partial charge in [-0.15, -0.1) is 24.0 Å². The zero-order valence-corrected chi connectivity index (χ0v) is 20.8. The Morgan fingerprint density at radius 2 is 2.00 bits per heavy atom. The van der Waals surface area contributed by atoms with Gasteiger partial charge in [0, 0.05) is 19.6 Å². The Labute approximate surface area is 205 Å². The standard InChI is InChI=1S/C23H30N6O2.HI/c1-3-25-23(27-15-18-8-6-9-19(14-18)31-16-22(24)30)26-12-7-13-29-17(2)28-20-10-4-5-11-21(20)29;/h4-6,8-11,14H,3,7,12-13,15-16H2,1-2H3,(H2,24,30)(H2,25,26,27);1H. The van der Waals surface area contributed by atoms with Gasteiger partial charge in [-0.25, -0.2) is 9.98 Å². The molecule has 0 saturated carbocycles. The third-order valence-corrected chi connectivity index (χ3v) is 4.74. The number of para-hydroxylation sites is 2. The fourth-order valence-corrected chi connectivity index (χ4v) is 3.32. The molecule has 4 N–H and O–H groups in total. The first-order valence-electron chi connectivity index (χ1n) is 10.5. The number of hydrogen-bond acceptors (Lipinski definition) is 4. The number of rotatable bonds is 10. The van der Waals surface area contributed by atoms with Crippen LogP contribution in [0.2, 0.25) is 0 Å². The van der Waals surface area contributed by atoms with E-state index in [2.05, 4.69) is 31.2 Å². The van der Waals surface area contributed by atoms with Gasteiger partial charge in [-0.3, -0.25) is 4.79 Å². The Morgan fingerprint density at radius 1 is 1.19 bits per heavy atom. The Hall–Kier alpha value is -2.82. The monoisotopic (exact) mass is 550 g/mol. The lowest BCUT2D eigenvalue weighted by atomic mass is 10.2. The number of halogens is 1. The molecule has 0 bridgehead atoms. The number of aliphatic imine (C=N–C) groups is 1. The normalized spacial score (nSPS) is 11.1. The van der Waals surface area contributed by atoms with Gasteiger partial charge in [-0.1, -0.05) is 24.3 Å². The van der Waals surface area contributed by atoms with Gasteiger partial charge in [-0.05, 0) is 50.1 Å². The zero-order chi connectivity index (χ0) is 22.1. The number of aryl methyl sites for hydroxylation is 2. The molecule has 0 atom stereocenters. The van der Waals surface area contributed by atoms with Crippen molar-refractivity contribution in [2.45, 2.75) is 33.4 Å². The van der Waals surface area contributed by atoms with Crippen molar-refractivity contribution in [1.29, 1.82) is 0 Å². The smallest absolute Gasteiger partial charge is 0.255 e. The highest BCUT2D eigenvalue weighted by atomic mass is 127. The number of fused-ring (bicyclic) bond motifs is 1. The van der Waals surface area contributed by atoms with E-state index in [9.17, 15) is 4.79 Å². The van der Waals surface area contributed by atoms with Crippen molar-refractivity contribution in [2.24, 2.45) is 10.7 Å². The number of ether oxygens (including phenoxy) is 1. The average Bonchev–Trinajstić information content (AvgIpc) is 3.08. The van der Waals surface area contributed by atoms with Crippen LogP contribution in [0, 0.1) is 6.92 Å². The molecule has 0 fully saturated rings. The largest absolute Gasteiger partial charge is 0.484 e. The van der Waals surface area contributed by atoms with Crippen molar-refractivity contribution in [2.75, 3.05) is 19.7 Å². The fourth-order valence-electron chi connectivity index (χ4n) is 3.32. The van der Waals surface area contributed by atoms with Crippen LogP contribution < -0.4 is 21.1 Å². The average molecular weight is 550 g/mol. The molecule has 1 aromatic heterocycles. The number of nitrogens with two attached hydrogens (primary N) is 1. The molecular formula is C23H31IN6O2. The van der Waals surface area contributed by atoms with Gasteiger partial charge >= 0.3 is 0 Å². The molecule has 0 radical (unpaired) electrons. The van der Waals surface area contributed by atoms with Gasteiger partial charge in [0.15, 0.2) is 12.6 Å². The van der Waals surface area contributed by atoms with Crippen molar-refractivity contribution in [1.82, 2.24) is 20.2 Å². The van der Waals surface area contributed by atoms with Crippen LogP contribution in [0.1, 0.15) is 24.7 Å². The van der Waals surface area contributed by atoms with Gasteiger partial charge < -0.3 is 25.7 Å². The molecule has 0 spiro atoms. The maximum Gasteiger partial charge on any atom is 0.255 e. The predicted molar refractivity (Wildman–Crippen MR) is 138 cm³/mol. The molecule has 0 saturated heterocycles. The van der Waals surface area contributed by atoms with Gasteiger partial charge in [0.1, 0.15) is 11.6 Å². The molecule has 0 aliphatic carbocycles. The number of aromatic nitrogens is 2. The topological polar surface area (TPSA) is 107 Å². The van der Waals surface area contributed by atoms with Crippen molar-refractivity contribution in [3.8, 4) is 5.75 Å². The molecule has 0 unspecified atom stereocenters. The zero-order valence-electron chi connectivity index (χ0n) is 18.5. The quantitative estimate of drug-likeness (QED) is 0.156. The van der Waals surface area contributed by atoms with Crippen LogP contribution in [-0.4, -0.2) is 41.1 Å². The van der Waals surface area contributed by atoms with E-state index in [0.717, 1.165) is 48.9 Å². The Morgan fingerprint density at radius 3 is 2.78 bits per heavy atom. The van der Waals surface area contributed by atoms with E-state index in [-0.39, 0.29) is 30.6 Å². The van der Waals surface area contributed by atoms with E-state index in [4.69, 9.17) is 10.5 Å². The Bertz CT molecular complexity index is 1050. The molecule has 3 rings (SSSR count). The van der Waals surface area contributed by atoms with Crippen molar-refractivity contribution in [3.63, 3.8) is 0 Å². The van der Waals surface area contributed by atoms with Crippen LogP contribution in [0.4, 0.5) is 0 Å². The summed E-state index contributed by atoms with van der Waals surface area (Å²) in [7, 11) is 0. The van der Waals surface area contributed by atoms with Gasteiger partial charge in [0.25, 0.3) is 5.91 Å². The van der Waals surface area contributed by atoms with Gasteiger partial charge in [0.05, 0.1) is 17.6 Å². The van der Waals surface area contributed by atoms with Crippen LogP contribution in [-0.2, 0) is 17.9 Å². The second kappa shape index (κ2) is 12.9. The van der Waals surface area contributed by atoms with E-state index in [1.807, 2.05) is 50.2 Å². The number of hydrogen-bond donors (Lipinski definition) is 3. The molecule has 2 aromatic carbocycles. The number of guanidine groups is 1. The van der Waals surface area contributed by atoms with E-state index in [0.29, 0.717) is 12.3 Å². The number of nitrogens with zero attached hydrogens (tertiary/aromatic N) is 3. The maximum atomic E-state index is 10.9. The van der Waals surface area contributed by atoms with E-state index in [1.54, 1.807) is 6.07 Å². The SMILES string of the molecule is CCNC(=NCc1cccc(OCC(N)=O)c1)NCCCn1c(C)nc2ccccc21.I. The van der Waals surface area contributed by atoms with Crippen molar-refractivity contribution >= 4 is 46.9 Å². The number of carbonyl (C=O) groups is 1. The molecule has 1 heterocycles. The van der Waals surface area contributed by atoms with Crippen molar-refractivity contribution < 1.29 is 9.53 Å². The summed E-state index contributed by atoms with van der Waals surface area (Å²) in [5, 5.41) is 6.66. The summed E-state index contributed by atoms with van der Waals surface area (Å²) in [4.78, 5) is 20.2. The molecular weight excluding hydrogens is 519 g/mol. The lowest BCUT2D eigenvalue weighted by Gasteiger charge is -2.12. The first-order valence-corrected chi connectivity index (χ1v) is 10.5. The van der Waals surface area contributed by atoms with Gasteiger partial charge in [0.2, 0.25) is 0 Å². The summed E-state index contributed by atoms with van der Waals surface area (Å²) in [6.45, 7) is 6.89. The summed E-state index contributed by atoms with van der Waals surface area (Å²) < 4.78 is 7.60. The summed E-state index contributed by atoms with van der Waals surface area (Å²) in [5.74, 6) is 1.90. The third-order valence-electron chi connectivity index (χ3n) is 4.74. The molecule has 0 aliphatic heterocycles. The Balaban J connectivity index is 0.00000363. The minimum Gasteiger partial charge on any atom is -0.484 e. The second-order valence-electron chi connectivity index (χ2n) is 7.18. The number of primary amides is 1. The third kappa shape index (κ3) is 7.40. The minimum atomic E-state index is -0.499. The number of nitrogens with one attached hydrogen (secondary N) is 2. The lowest BCUT2D eigenvalue weighted by molar-refractivity contribution is -0.119. The van der Waals surface area contributed by atoms with E-state index >= 15 is 0 Å². The molecule has 0 aliphatic rings. The van der Waals surface area contributed by atoms with E-state index < -0.39 is 5.91 Å². The molecule has 32 heavy (non-hydrogen) atoms.